The van der Waals surface area contributed by atoms with Crippen molar-refractivity contribution in [2.45, 2.75) is 6.18 Å². The monoisotopic (exact) mass is 416 g/mol. The molecule has 0 radical (unpaired) electrons. The van der Waals surface area contributed by atoms with Gasteiger partial charge in [0.2, 0.25) is 0 Å². The molecule has 146 valence electrons. The Morgan fingerprint density at radius 2 is 1.55 bits per heavy atom. The highest BCUT2D eigenvalue weighted by Crippen LogP contribution is 2.35. The molecule has 4 aromatic rings. The molecule has 3 aromatic carbocycles. The predicted octanol–water partition coefficient (Wildman–Crippen LogP) is 6.43. The number of hydrogen-bond donors (Lipinski definition) is 0. The minimum Gasteiger partial charge on any atom is -0.268 e. The fraction of sp³-hybridized carbons (Fsp3) is 0.0476. The Hall–Kier alpha value is -3.26. The average Bonchev–Trinajstić information content (AvgIpc) is 3.12. The van der Waals surface area contributed by atoms with Crippen LogP contribution in [0.1, 0.15) is 15.9 Å². The van der Waals surface area contributed by atoms with E-state index in [4.69, 9.17) is 0 Å². The minimum absolute atomic E-state index is 0.0570. The Balaban J connectivity index is 1.79. The number of alkyl halides is 3. The molecule has 3 nitrogen and oxygen atoms in total. The van der Waals surface area contributed by atoms with Gasteiger partial charge >= 0.3 is 6.18 Å². The van der Waals surface area contributed by atoms with E-state index in [0.717, 1.165) is 29.0 Å². The average molecular weight is 416 g/mol. The quantitative estimate of drug-likeness (QED) is 0.361. The minimum atomic E-state index is -4.49. The van der Waals surface area contributed by atoms with Gasteiger partial charge in [0.1, 0.15) is 5.82 Å². The van der Waals surface area contributed by atoms with Crippen LogP contribution in [-0.2, 0) is 6.18 Å². The van der Waals surface area contributed by atoms with Crippen molar-refractivity contribution in [2.24, 2.45) is 0 Å². The maximum Gasteiger partial charge on any atom is 0.416 e. The van der Waals surface area contributed by atoms with Gasteiger partial charge in [0.25, 0.3) is 5.91 Å². The topological polar surface area (TPSA) is 33.2 Å². The van der Waals surface area contributed by atoms with Gasteiger partial charge in [-0.1, -0.05) is 23.5 Å². The van der Waals surface area contributed by atoms with Gasteiger partial charge in [-0.15, -0.1) is 0 Å². The van der Waals surface area contributed by atoms with Gasteiger partial charge in [-0.25, -0.2) is 9.37 Å². The molecule has 0 unspecified atom stereocenters. The summed E-state index contributed by atoms with van der Waals surface area (Å²) < 4.78 is 52.7. The van der Waals surface area contributed by atoms with Crippen LogP contribution < -0.4 is 4.90 Å². The summed E-state index contributed by atoms with van der Waals surface area (Å²) in [6.45, 7) is 0. The normalized spacial score (nSPS) is 11.6. The number of benzene rings is 3. The van der Waals surface area contributed by atoms with Crippen molar-refractivity contribution in [3.63, 3.8) is 0 Å². The molecule has 0 saturated heterocycles. The maximum atomic E-state index is 13.4. The van der Waals surface area contributed by atoms with Gasteiger partial charge in [0.05, 0.1) is 21.5 Å². The highest BCUT2D eigenvalue weighted by Gasteiger charge is 2.31. The van der Waals surface area contributed by atoms with E-state index in [-0.39, 0.29) is 5.56 Å². The van der Waals surface area contributed by atoms with Gasteiger partial charge in [0.15, 0.2) is 5.13 Å². The van der Waals surface area contributed by atoms with Crippen molar-refractivity contribution >= 4 is 38.3 Å². The first-order valence-corrected chi connectivity index (χ1v) is 9.27. The molecular formula is C21H12F4N2OS. The third-order valence-electron chi connectivity index (χ3n) is 4.22. The maximum absolute atomic E-state index is 13.4. The first kappa shape index (κ1) is 19.1. The number of rotatable bonds is 3. The standard InChI is InChI=1S/C21H12F4N2OS/c22-15-9-11-16(12-10-15)27(20-26-17-3-1-2-4-18(17)29-20)19(28)13-5-7-14(8-6-13)21(23,24)25/h1-12H. The van der Waals surface area contributed by atoms with Crippen molar-refractivity contribution in [2.75, 3.05) is 4.90 Å². The molecule has 0 saturated carbocycles. The third kappa shape index (κ3) is 3.84. The third-order valence-corrected chi connectivity index (χ3v) is 5.24. The molecule has 1 heterocycles. The summed E-state index contributed by atoms with van der Waals surface area (Å²) in [7, 11) is 0. The van der Waals surface area contributed by atoms with Crippen molar-refractivity contribution < 1.29 is 22.4 Å². The van der Waals surface area contributed by atoms with Crippen LogP contribution in [0, 0.1) is 5.82 Å². The lowest BCUT2D eigenvalue weighted by atomic mass is 10.1. The van der Waals surface area contributed by atoms with Crippen LogP contribution in [0.15, 0.2) is 72.8 Å². The Bertz CT molecular complexity index is 1130. The number of fused-ring (bicyclic) bond motifs is 1. The highest BCUT2D eigenvalue weighted by molar-refractivity contribution is 7.22. The summed E-state index contributed by atoms with van der Waals surface area (Å²) in [6, 6.07) is 16.5. The fourth-order valence-corrected chi connectivity index (χ4v) is 3.78. The molecule has 0 aliphatic carbocycles. The molecule has 0 fully saturated rings. The Morgan fingerprint density at radius 3 is 2.17 bits per heavy atom. The number of halogens is 4. The van der Waals surface area contributed by atoms with E-state index >= 15 is 0 Å². The number of hydrogen-bond acceptors (Lipinski definition) is 3. The summed E-state index contributed by atoms with van der Waals surface area (Å²) in [5.41, 5.74) is 0.249. The zero-order valence-corrected chi connectivity index (χ0v) is 15.5. The second kappa shape index (κ2) is 7.29. The van der Waals surface area contributed by atoms with Crippen LogP contribution >= 0.6 is 11.3 Å². The number of carbonyl (C=O) groups is 1. The summed E-state index contributed by atoms with van der Waals surface area (Å²) in [5.74, 6) is -1.04. The number of nitrogens with zero attached hydrogens (tertiary/aromatic N) is 2. The molecular weight excluding hydrogens is 404 g/mol. The first-order chi connectivity index (χ1) is 13.8. The summed E-state index contributed by atoms with van der Waals surface area (Å²) in [6.07, 6.45) is -4.49. The van der Waals surface area contributed by atoms with E-state index in [1.54, 1.807) is 6.07 Å². The summed E-state index contributed by atoms with van der Waals surface area (Å²) in [5, 5.41) is 0.336. The summed E-state index contributed by atoms with van der Waals surface area (Å²) >= 11 is 1.26. The number of para-hydroxylation sites is 1. The zero-order chi connectivity index (χ0) is 20.6. The Kier molecular flexibility index (Phi) is 4.79. The largest absolute Gasteiger partial charge is 0.416 e. The van der Waals surface area contributed by atoms with Crippen LogP contribution in [0.3, 0.4) is 0 Å². The molecule has 4 rings (SSSR count). The van der Waals surface area contributed by atoms with Crippen LogP contribution in [0.2, 0.25) is 0 Å². The highest BCUT2D eigenvalue weighted by atomic mass is 32.1. The van der Waals surface area contributed by atoms with Crippen molar-refractivity contribution in [3.05, 3.63) is 89.7 Å². The number of aromatic nitrogens is 1. The molecule has 29 heavy (non-hydrogen) atoms. The number of anilines is 2. The first-order valence-electron chi connectivity index (χ1n) is 8.46. The number of carbonyl (C=O) groups excluding carboxylic acids is 1. The van der Waals surface area contributed by atoms with Crippen molar-refractivity contribution in [1.82, 2.24) is 4.98 Å². The van der Waals surface area contributed by atoms with E-state index < -0.39 is 23.5 Å². The van der Waals surface area contributed by atoms with E-state index in [1.807, 2.05) is 18.2 Å². The van der Waals surface area contributed by atoms with Crippen LogP contribution in [0.25, 0.3) is 10.2 Å². The van der Waals surface area contributed by atoms with Crippen molar-refractivity contribution in [1.29, 1.82) is 0 Å². The van der Waals surface area contributed by atoms with E-state index in [9.17, 15) is 22.4 Å². The lowest BCUT2D eigenvalue weighted by Gasteiger charge is -2.20. The molecule has 1 amide bonds. The summed E-state index contributed by atoms with van der Waals surface area (Å²) in [4.78, 5) is 18.9. The lowest BCUT2D eigenvalue weighted by molar-refractivity contribution is -0.137. The van der Waals surface area contributed by atoms with E-state index in [2.05, 4.69) is 4.98 Å². The second-order valence-electron chi connectivity index (χ2n) is 6.16. The predicted molar refractivity (Wildman–Crippen MR) is 104 cm³/mol. The molecule has 0 N–H and O–H groups in total. The van der Waals surface area contributed by atoms with Gasteiger partial charge in [-0.2, -0.15) is 13.2 Å². The van der Waals surface area contributed by atoms with Gasteiger partial charge in [-0.05, 0) is 60.7 Å². The zero-order valence-electron chi connectivity index (χ0n) is 14.7. The van der Waals surface area contributed by atoms with Crippen molar-refractivity contribution in [3.8, 4) is 0 Å². The molecule has 0 atom stereocenters. The Morgan fingerprint density at radius 1 is 0.897 bits per heavy atom. The second-order valence-corrected chi connectivity index (χ2v) is 7.17. The SMILES string of the molecule is O=C(c1ccc(C(F)(F)F)cc1)N(c1ccc(F)cc1)c1nc2ccccc2s1. The Labute approximate surface area is 166 Å². The van der Waals surface area contributed by atoms with Crippen LogP contribution in [0.4, 0.5) is 28.4 Å². The lowest BCUT2D eigenvalue weighted by Crippen LogP contribution is -2.26. The molecule has 1 aromatic heterocycles. The van der Waals surface area contributed by atoms with E-state index in [1.165, 1.54) is 40.5 Å². The molecule has 0 bridgehead atoms. The van der Waals surface area contributed by atoms with Crippen LogP contribution in [0.5, 0.6) is 0 Å². The number of amides is 1. The smallest absolute Gasteiger partial charge is 0.268 e. The van der Waals surface area contributed by atoms with Gasteiger partial charge < -0.3 is 0 Å². The van der Waals surface area contributed by atoms with Crippen LogP contribution in [-0.4, -0.2) is 10.9 Å². The van der Waals surface area contributed by atoms with Gasteiger partial charge in [-0.3, -0.25) is 9.69 Å². The molecule has 0 spiro atoms. The fourth-order valence-electron chi connectivity index (χ4n) is 2.79. The molecule has 0 aliphatic rings. The molecule has 0 aliphatic heterocycles. The molecule has 8 heteroatoms. The van der Waals surface area contributed by atoms with E-state index in [0.29, 0.717) is 16.3 Å². The number of thiazole rings is 1. The van der Waals surface area contributed by atoms with Gasteiger partial charge in [0, 0.05) is 5.56 Å².